The second-order valence-electron chi connectivity index (χ2n) is 5.10. The van der Waals surface area contributed by atoms with Gasteiger partial charge in [0.1, 0.15) is 0 Å². The highest BCUT2D eigenvalue weighted by atomic mass is 16.5. The molecule has 8 heteroatoms. The number of hydrogen-bond donors (Lipinski definition) is 2. The maximum Gasteiger partial charge on any atom is 0.323 e. The van der Waals surface area contributed by atoms with E-state index in [4.69, 9.17) is 10.6 Å². The molecule has 0 bridgehead atoms. The van der Waals surface area contributed by atoms with Crippen molar-refractivity contribution in [1.82, 2.24) is 19.9 Å². The molecule has 0 saturated carbocycles. The molecule has 2 fully saturated rings. The molecule has 110 valence electrons. The average Bonchev–Trinajstić information content (AvgIpc) is 2.94. The number of rotatable bonds is 4. The van der Waals surface area contributed by atoms with Gasteiger partial charge in [0.2, 0.25) is 11.9 Å². The van der Waals surface area contributed by atoms with Crippen LogP contribution in [0.25, 0.3) is 0 Å². The van der Waals surface area contributed by atoms with E-state index in [2.05, 4.69) is 30.2 Å². The minimum Gasteiger partial charge on any atom is -0.464 e. The number of nitrogens with zero attached hydrogens (tertiary/aromatic N) is 5. The third kappa shape index (κ3) is 2.61. The highest BCUT2D eigenvalue weighted by Crippen LogP contribution is 2.24. The van der Waals surface area contributed by atoms with E-state index in [0.29, 0.717) is 30.6 Å². The van der Waals surface area contributed by atoms with Gasteiger partial charge in [-0.1, -0.05) is 0 Å². The van der Waals surface area contributed by atoms with E-state index in [9.17, 15) is 0 Å². The van der Waals surface area contributed by atoms with Crippen LogP contribution in [0.1, 0.15) is 19.8 Å². The minimum atomic E-state index is 0.319. The molecule has 0 aliphatic carbocycles. The normalized spacial score (nSPS) is 22.7. The Morgan fingerprint density at radius 3 is 3.00 bits per heavy atom. The Labute approximate surface area is 118 Å². The average molecular weight is 279 g/mol. The molecular weight excluding hydrogens is 258 g/mol. The van der Waals surface area contributed by atoms with Gasteiger partial charge in [-0.25, -0.2) is 5.84 Å². The zero-order valence-electron chi connectivity index (χ0n) is 11.7. The van der Waals surface area contributed by atoms with Gasteiger partial charge in [-0.3, -0.25) is 10.3 Å². The van der Waals surface area contributed by atoms with Crippen molar-refractivity contribution in [1.29, 1.82) is 0 Å². The van der Waals surface area contributed by atoms with Crippen LogP contribution >= 0.6 is 0 Å². The fraction of sp³-hybridized carbons (Fsp3) is 0.750. The summed E-state index contributed by atoms with van der Waals surface area (Å²) in [7, 11) is 0. The Morgan fingerprint density at radius 2 is 2.20 bits per heavy atom. The summed E-state index contributed by atoms with van der Waals surface area (Å²) in [5.41, 5.74) is 2.47. The maximum atomic E-state index is 5.41. The van der Waals surface area contributed by atoms with Crippen molar-refractivity contribution in [2.24, 2.45) is 5.84 Å². The zero-order valence-corrected chi connectivity index (χ0v) is 11.7. The number of hydrazine groups is 1. The minimum absolute atomic E-state index is 0.319. The van der Waals surface area contributed by atoms with Crippen LogP contribution in [-0.4, -0.2) is 58.7 Å². The van der Waals surface area contributed by atoms with Gasteiger partial charge in [0.05, 0.1) is 6.61 Å². The summed E-state index contributed by atoms with van der Waals surface area (Å²) in [6.07, 6.45) is 2.54. The molecule has 0 spiro atoms. The maximum absolute atomic E-state index is 5.41. The van der Waals surface area contributed by atoms with Gasteiger partial charge < -0.3 is 9.64 Å². The van der Waals surface area contributed by atoms with E-state index >= 15 is 0 Å². The first-order valence-corrected chi connectivity index (χ1v) is 7.14. The highest BCUT2D eigenvalue weighted by molar-refractivity contribution is 5.38. The molecule has 0 aromatic carbocycles. The molecule has 2 aliphatic heterocycles. The SMILES string of the molecule is CCOc1nc(NN)nc(N2CCN3CCCC3C2)n1. The highest BCUT2D eigenvalue weighted by Gasteiger charge is 2.31. The summed E-state index contributed by atoms with van der Waals surface area (Å²) in [6.45, 7) is 6.58. The van der Waals surface area contributed by atoms with Crippen LogP contribution in [0.3, 0.4) is 0 Å². The second-order valence-corrected chi connectivity index (χ2v) is 5.10. The van der Waals surface area contributed by atoms with Crippen LogP contribution in [0.4, 0.5) is 11.9 Å². The first-order chi connectivity index (χ1) is 9.80. The Hall–Kier alpha value is -1.67. The van der Waals surface area contributed by atoms with Crippen molar-refractivity contribution in [3.05, 3.63) is 0 Å². The van der Waals surface area contributed by atoms with Crippen molar-refractivity contribution in [3.63, 3.8) is 0 Å². The molecule has 1 aromatic rings. The van der Waals surface area contributed by atoms with Crippen molar-refractivity contribution < 1.29 is 4.74 Å². The summed E-state index contributed by atoms with van der Waals surface area (Å²) in [5.74, 6) is 6.40. The summed E-state index contributed by atoms with van der Waals surface area (Å²) in [4.78, 5) is 17.5. The fourth-order valence-corrected chi connectivity index (χ4v) is 2.92. The van der Waals surface area contributed by atoms with Gasteiger partial charge in [0.15, 0.2) is 0 Å². The molecule has 0 amide bonds. The lowest BCUT2D eigenvalue weighted by Crippen LogP contribution is -2.50. The molecule has 8 nitrogen and oxygen atoms in total. The quantitative estimate of drug-likeness (QED) is 0.580. The van der Waals surface area contributed by atoms with Crippen molar-refractivity contribution in [3.8, 4) is 6.01 Å². The Morgan fingerprint density at radius 1 is 1.30 bits per heavy atom. The number of nitrogens with one attached hydrogen (secondary N) is 1. The number of anilines is 2. The van der Waals surface area contributed by atoms with Crippen molar-refractivity contribution in [2.45, 2.75) is 25.8 Å². The van der Waals surface area contributed by atoms with Crippen LogP contribution < -0.4 is 20.9 Å². The number of nitrogen functional groups attached to an aromatic ring is 1. The van der Waals surface area contributed by atoms with Crippen LogP contribution in [0.15, 0.2) is 0 Å². The van der Waals surface area contributed by atoms with Gasteiger partial charge in [-0.15, -0.1) is 0 Å². The molecule has 1 unspecified atom stereocenters. The molecule has 3 N–H and O–H groups in total. The van der Waals surface area contributed by atoms with E-state index in [0.717, 1.165) is 19.6 Å². The van der Waals surface area contributed by atoms with Crippen molar-refractivity contribution >= 4 is 11.9 Å². The lowest BCUT2D eigenvalue weighted by Gasteiger charge is -2.37. The Balaban J connectivity index is 1.79. The molecule has 1 atom stereocenters. The number of ether oxygens (including phenoxy) is 1. The molecule has 3 heterocycles. The predicted octanol–water partition coefficient (Wildman–Crippen LogP) is -0.160. The second kappa shape index (κ2) is 5.76. The first-order valence-electron chi connectivity index (χ1n) is 7.14. The number of fused-ring (bicyclic) bond motifs is 1. The van der Waals surface area contributed by atoms with Crippen molar-refractivity contribution in [2.75, 3.05) is 43.1 Å². The molecule has 20 heavy (non-hydrogen) atoms. The van der Waals surface area contributed by atoms with E-state index < -0.39 is 0 Å². The van der Waals surface area contributed by atoms with E-state index in [-0.39, 0.29) is 0 Å². The standard InChI is InChI=1S/C12H21N7O/c1-2-20-12-15-10(17-13)14-11(16-12)19-7-6-18-5-3-4-9(18)8-19/h9H,2-8,13H2,1H3,(H,14,15,16,17). The van der Waals surface area contributed by atoms with E-state index in [1.807, 2.05) is 6.92 Å². The van der Waals surface area contributed by atoms with E-state index in [1.165, 1.54) is 19.4 Å². The summed E-state index contributed by atoms with van der Waals surface area (Å²) in [5, 5.41) is 0. The third-order valence-electron chi connectivity index (χ3n) is 3.88. The topological polar surface area (TPSA) is 92.4 Å². The first kappa shape index (κ1) is 13.3. The van der Waals surface area contributed by atoms with Crippen LogP contribution in [-0.2, 0) is 0 Å². The van der Waals surface area contributed by atoms with Crippen LogP contribution in [0.2, 0.25) is 0 Å². The monoisotopic (exact) mass is 279 g/mol. The largest absolute Gasteiger partial charge is 0.464 e. The summed E-state index contributed by atoms with van der Waals surface area (Å²) in [6, 6.07) is 0.935. The zero-order chi connectivity index (χ0) is 13.9. The fourth-order valence-electron chi connectivity index (χ4n) is 2.92. The Bertz CT molecular complexity index is 469. The third-order valence-corrected chi connectivity index (χ3v) is 3.88. The Kier molecular flexibility index (Phi) is 3.83. The molecule has 2 saturated heterocycles. The molecular formula is C12H21N7O. The summed E-state index contributed by atoms with van der Waals surface area (Å²) < 4.78 is 5.37. The molecule has 2 aliphatic rings. The molecule has 1 aromatic heterocycles. The van der Waals surface area contributed by atoms with Gasteiger partial charge in [0, 0.05) is 25.7 Å². The number of piperazine rings is 1. The number of nitrogens with two attached hydrogens (primary N) is 1. The van der Waals surface area contributed by atoms with Crippen LogP contribution in [0, 0.1) is 0 Å². The number of hydrogen-bond acceptors (Lipinski definition) is 8. The molecule has 3 rings (SSSR count). The van der Waals surface area contributed by atoms with Gasteiger partial charge >= 0.3 is 6.01 Å². The lowest BCUT2D eigenvalue weighted by atomic mass is 10.2. The van der Waals surface area contributed by atoms with Gasteiger partial charge in [-0.05, 0) is 26.3 Å². The predicted molar refractivity (Wildman–Crippen MR) is 75.6 cm³/mol. The summed E-state index contributed by atoms with van der Waals surface area (Å²) >= 11 is 0. The van der Waals surface area contributed by atoms with Gasteiger partial charge in [-0.2, -0.15) is 15.0 Å². The van der Waals surface area contributed by atoms with Gasteiger partial charge in [0.25, 0.3) is 0 Å². The van der Waals surface area contributed by atoms with E-state index in [1.54, 1.807) is 0 Å². The molecule has 0 radical (unpaired) electrons. The van der Waals surface area contributed by atoms with Crippen LogP contribution in [0.5, 0.6) is 6.01 Å². The number of aromatic nitrogens is 3. The smallest absolute Gasteiger partial charge is 0.323 e. The lowest BCUT2D eigenvalue weighted by molar-refractivity contribution is 0.229.